The van der Waals surface area contributed by atoms with Gasteiger partial charge in [-0.15, -0.1) is 5.10 Å². The van der Waals surface area contributed by atoms with Crippen LogP contribution in [0, 0.1) is 0 Å². The van der Waals surface area contributed by atoms with E-state index in [1.54, 1.807) is 41.1 Å². The number of hydrogen-bond donors (Lipinski definition) is 2. The fourth-order valence-corrected chi connectivity index (χ4v) is 3.00. The number of benzene rings is 3. The van der Waals surface area contributed by atoms with Crippen LogP contribution in [0.2, 0.25) is 0 Å². The van der Waals surface area contributed by atoms with Crippen molar-refractivity contribution in [2.45, 2.75) is 0 Å². The molecule has 2 N–H and O–H groups in total. The molecular formula is C22H20N4O2. The number of anilines is 1. The maximum absolute atomic E-state index is 10.3. The highest BCUT2D eigenvalue weighted by atomic mass is 16.3. The summed E-state index contributed by atoms with van der Waals surface area (Å²) in [5, 5.41) is 25.2. The smallest absolute Gasteiger partial charge is 0.185 e. The molecule has 140 valence electrons. The first kappa shape index (κ1) is 17.6. The standard InChI is InChI=1S/C22H20N4O2/c1-25(2)15-11-13-16(14-12-15)26-22(18-8-4-6-10-20(18)28)23-21(24-26)17-7-3-5-9-19(17)27/h3-14,27-28H,1-2H3. The maximum Gasteiger partial charge on any atom is 0.185 e. The molecule has 0 aliphatic heterocycles. The Hall–Kier alpha value is -3.80. The topological polar surface area (TPSA) is 74.4 Å². The minimum absolute atomic E-state index is 0.103. The molecule has 28 heavy (non-hydrogen) atoms. The van der Waals surface area contributed by atoms with Crippen LogP contribution in [0.3, 0.4) is 0 Å². The average molecular weight is 372 g/mol. The van der Waals surface area contributed by atoms with Crippen molar-refractivity contribution >= 4 is 5.69 Å². The van der Waals surface area contributed by atoms with Gasteiger partial charge in [-0.25, -0.2) is 9.67 Å². The van der Waals surface area contributed by atoms with E-state index in [4.69, 9.17) is 0 Å². The van der Waals surface area contributed by atoms with Crippen molar-refractivity contribution in [3.63, 3.8) is 0 Å². The van der Waals surface area contributed by atoms with Crippen LogP contribution >= 0.6 is 0 Å². The van der Waals surface area contributed by atoms with Gasteiger partial charge < -0.3 is 15.1 Å². The number of hydrogen-bond acceptors (Lipinski definition) is 5. The molecule has 0 bridgehead atoms. The molecule has 6 nitrogen and oxygen atoms in total. The first-order chi connectivity index (χ1) is 13.5. The van der Waals surface area contributed by atoms with Crippen molar-refractivity contribution in [3.8, 4) is 40.0 Å². The molecule has 0 saturated carbocycles. The normalized spacial score (nSPS) is 10.8. The Balaban J connectivity index is 1.91. The SMILES string of the molecule is CN(C)c1ccc(-n2nc(-c3ccccc3O)nc2-c2ccccc2O)cc1. The van der Waals surface area contributed by atoms with Gasteiger partial charge in [0.25, 0.3) is 0 Å². The summed E-state index contributed by atoms with van der Waals surface area (Å²) in [6, 6.07) is 21.8. The van der Waals surface area contributed by atoms with Crippen LogP contribution in [0.4, 0.5) is 5.69 Å². The number of aromatic hydroxyl groups is 2. The number of para-hydroxylation sites is 2. The van der Waals surface area contributed by atoms with E-state index in [0.29, 0.717) is 22.8 Å². The fraction of sp³-hybridized carbons (Fsp3) is 0.0909. The number of phenolic OH excluding ortho intramolecular Hbond substituents is 2. The molecule has 1 aromatic heterocycles. The second-order valence-corrected chi connectivity index (χ2v) is 6.62. The maximum atomic E-state index is 10.3. The molecule has 0 radical (unpaired) electrons. The summed E-state index contributed by atoms with van der Waals surface area (Å²) in [4.78, 5) is 6.64. The summed E-state index contributed by atoms with van der Waals surface area (Å²) in [7, 11) is 3.96. The van der Waals surface area contributed by atoms with E-state index in [1.807, 2.05) is 55.4 Å². The van der Waals surface area contributed by atoms with Gasteiger partial charge in [0.05, 0.1) is 16.8 Å². The van der Waals surface area contributed by atoms with Crippen LogP contribution in [-0.4, -0.2) is 39.1 Å². The molecule has 0 aliphatic carbocycles. The third-order valence-electron chi connectivity index (χ3n) is 4.51. The largest absolute Gasteiger partial charge is 0.507 e. The summed E-state index contributed by atoms with van der Waals surface area (Å²) < 4.78 is 1.68. The summed E-state index contributed by atoms with van der Waals surface area (Å²) >= 11 is 0. The summed E-state index contributed by atoms with van der Waals surface area (Å²) in [6.07, 6.45) is 0. The Bertz CT molecular complexity index is 1120. The van der Waals surface area contributed by atoms with E-state index in [2.05, 4.69) is 10.1 Å². The summed E-state index contributed by atoms with van der Waals surface area (Å²) in [5.74, 6) is 1.10. The minimum atomic E-state index is 0.103. The van der Waals surface area contributed by atoms with Crippen molar-refractivity contribution in [3.05, 3.63) is 72.8 Å². The number of rotatable bonds is 4. The Morgan fingerprint density at radius 1 is 0.750 bits per heavy atom. The van der Waals surface area contributed by atoms with Crippen molar-refractivity contribution in [2.24, 2.45) is 0 Å². The van der Waals surface area contributed by atoms with E-state index in [-0.39, 0.29) is 11.5 Å². The van der Waals surface area contributed by atoms with Gasteiger partial charge in [-0.3, -0.25) is 0 Å². The van der Waals surface area contributed by atoms with Crippen molar-refractivity contribution in [1.29, 1.82) is 0 Å². The zero-order chi connectivity index (χ0) is 19.7. The lowest BCUT2D eigenvalue weighted by atomic mass is 10.1. The van der Waals surface area contributed by atoms with E-state index >= 15 is 0 Å². The highest BCUT2D eigenvalue weighted by molar-refractivity contribution is 5.70. The number of phenols is 2. The van der Waals surface area contributed by atoms with Crippen LogP contribution in [-0.2, 0) is 0 Å². The van der Waals surface area contributed by atoms with Gasteiger partial charge in [0, 0.05) is 19.8 Å². The van der Waals surface area contributed by atoms with Gasteiger partial charge in [-0.05, 0) is 48.5 Å². The van der Waals surface area contributed by atoms with Crippen LogP contribution in [0.5, 0.6) is 11.5 Å². The van der Waals surface area contributed by atoms with E-state index in [0.717, 1.165) is 11.4 Å². The third kappa shape index (κ3) is 3.16. The highest BCUT2D eigenvalue weighted by Crippen LogP contribution is 2.33. The molecule has 0 fully saturated rings. The molecule has 0 amide bonds. The molecule has 1 heterocycles. The van der Waals surface area contributed by atoms with Gasteiger partial charge in [0.15, 0.2) is 11.6 Å². The second-order valence-electron chi connectivity index (χ2n) is 6.62. The molecule has 0 aliphatic rings. The minimum Gasteiger partial charge on any atom is -0.507 e. The van der Waals surface area contributed by atoms with Crippen LogP contribution in [0.25, 0.3) is 28.5 Å². The zero-order valence-corrected chi connectivity index (χ0v) is 15.6. The molecule has 4 rings (SSSR count). The van der Waals surface area contributed by atoms with Gasteiger partial charge in [-0.2, -0.15) is 0 Å². The lowest BCUT2D eigenvalue weighted by Gasteiger charge is -2.13. The number of aromatic nitrogens is 3. The number of nitrogens with zero attached hydrogens (tertiary/aromatic N) is 4. The van der Waals surface area contributed by atoms with Crippen molar-refractivity contribution in [1.82, 2.24) is 14.8 Å². The highest BCUT2D eigenvalue weighted by Gasteiger charge is 2.19. The van der Waals surface area contributed by atoms with Crippen LogP contribution in [0.15, 0.2) is 72.8 Å². The molecule has 6 heteroatoms. The van der Waals surface area contributed by atoms with Gasteiger partial charge in [-0.1, -0.05) is 24.3 Å². The molecule has 0 unspecified atom stereocenters. The van der Waals surface area contributed by atoms with Crippen LogP contribution in [0.1, 0.15) is 0 Å². The second kappa shape index (κ2) is 7.08. The quantitative estimate of drug-likeness (QED) is 0.565. The van der Waals surface area contributed by atoms with Gasteiger partial charge >= 0.3 is 0 Å². The molecule has 3 aromatic carbocycles. The molecule has 0 atom stereocenters. The monoisotopic (exact) mass is 372 g/mol. The van der Waals surface area contributed by atoms with E-state index in [1.165, 1.54) is 0 Å². The van der Waals surface area contributed by atoms with Gasteiger partial charge in [0.1, 0.15) is 11.5 Å². The molecule has 4 aromatic rings. The fourth-order valence-electron chi connectivity index (χ4n) is 3.00. The lowest BCUT2D eigenvalue weighted by molar-refractivity contribution is 0.476. The molecule has 0 saturated heterocycles. The van der Waals surface area contributed by atoms with Gasteiger partial charge in [0.2, 0.25) is 0 Å². The van der Waals surface area contributed by atoms with Crippen molar-refractivity contribution < 1.29 is 10.2 Å². The Morgan fingerprint density at radius 3 is 1.89 bits per heavy atom. The van der Waals surface area contributed by atoms with Crippen LogP contribution < -0.4 is 4.90 Å². The summed E-state index contributed by atoms with van der Waals surface area (Å²) in [5.41, 5.74) is 2.96. The molecule has 0 spiro atoms. The van der Waals surface area contributed by atoms with E-state index < -0.39 is 0 Å². The Kier molecular flexibility index (Phi) is 4.45. The van der Waals surface area contributed by atoms with E-state index in [9.17, 15) is 10.2 Å². The van der Waals surface area contributed by atoms with Crippen molar-refractivity contribution in [2.75, 3.05) is 19.0 Å². The lowest BCUT2D eigenvalue weighted by Crippen LogP contribution is -2.08. The first-order valence-corrected chi connectivity index (χ1v) is 8.86. The predicted molar refractivity (Wildman–Crippen MR) is 110 cm³/mol. The first-order valence-electron chi connectivity index (χ1n) is 8.86. The summed E-state index contributed by atoms with van der Waals surface area (Å²) in [6.45, 7) is 0. The third-order valence-corrected chi connectivity index (χ3v) is 4.51. The predicted octanol–water partition coefficient (Wildman–Crippen LogP) is 4.08. The zero-order valence-electron chi connectivity index (χ0n) is 15.6. The molecular weight excluding hydrogens is 352 g/mol. The average Bonchev–Trinajstić information content (AvgIpc) is 3.13. The Morgan fingerprint density at radius 2 is 1.32 bits per heavy atom. The Labute approximate surface area is 163 Å².